The fourth-order valence-corrected chi connectivity index (χ4v) is 2.87. The van der Waals surface area contributed by atoms with Gasteiger partial charge in [-0.2, -0.15) is 0 Å². The molecule has 0 bridgehead atoms. The maximum atomic E-state index is 6.10. The average Bonchev–Trinajstić information content (AvgIpc) is 2.81. The van der Waals surface area contributed by atoms with Crippen LogP contribution < -0.4 is 11.1 Å². The summed E-state index contributed by atoms with van der Waals surface area (Å²) in [6, 6.07) is 9.69. The number of nitrogens with two attached hydrogens (primary N) is 1. The molecular formula is C16H25BN2. The second kappa shape index (κ2) is 7.71. The van der Waals surface area contributed by atoms with Crippen molar-refractivity contribution in [1.82, 2.24) is 5.32 Å². The van der Waals surface area contributed by atoms with Crippen molar-refractivity contribution in [3.63, 3.8) is 0 Å². The standard InChI is InChI=1S/C16H25BN2/c17-9-4-3-7-15(18)8-10-19-16-11-13-5-1-2-6-14(13)12-16/h1-2,5-6,15-16,19H,3-4,7-12,18H2. The summed E-state index contributed by atoms with van der Waals surface area (Å²) in [5.74, 6) is 0. The first-order valence-electron chi connectivity index (χ1n) is 7.55. The Kier molecular flexibility index (Phi) is 5.93. The fraction of sp³-hybridized carbons (Fsp3) is 0.625. The summed E-state index contributed by atoms with van der Waals surface area (Å²) >= 11 is 0. The molecule has 2 radical (unpaired) electrons. The molecule has 1 aromatic carbocycles. The second-order valence-corrected chi connectivity index (χ2v) is 5.66. The molecule has 2 nitrogen and oxygen atoms in total. The third kappa shape index (κ3) is 4.66. The molecule has 0 heterocycles. The summed E-state index contributed by atoms with van der Waals surface area (Å²) in [5.41, 5.74) is 9.12. The van der Waals surface area contributed by atoms with Crippen LogP contribution in [0.3, 0.4) is 0 Å². The van der Waals surface area contributed by atoms with Gasteiger partial charge in [0.05, 0.1) is 7.85 Å². The van der Waals surface area contributed by atoms with E-state index in [0.29, 0.717) is 12.1 Å². The van der Waals surface area contributed by atoms with E-state index in [1.165, 1.54) is 24.0 Å². The third-order valence-corrected chi connectivity index (χ3v) is 4.03. The average molecular weight is 256 g/mol. The quantitative estimate of drug-likeness (QED) is 0.553. The van der Waals surface area contributed by atoms with Crippen LogP contribution in [0.5, 0.6) is 0 Å². The topological polar surface area (TPSA) is 38.0 Å². The highest BCUT2D eigenvalue weighted by atomic mass is 14.9. The van der Waals surface area contributed by atoms with Gasteiger partial charge in [-0.25, -0.2) is 0 Å². The van der Waals surface area contributed by atoms with Crippen molar-refractivity contribution in [1.29, 1.82) is 0 Å². The Morgan fingerprint density at radius 3 is 2.47 bits per heavy atom. The van der Waals surface area contributed by atoms with Crippen LogP contribution in [0, 0.1) is 0 Å². The minimum atomic E-state index is 0.322. The number of hydrogen-bond donors (Lipinski definition) is 2. The van der Waals surface area contributed by atoms with Crippen LogP contribution in [-0.2, 0) is 12.8 Å². The van der Waals surface area contributed by atoms with Gasteiger partial charge in [0.15, 0.2) is 0 Å². The molecule has 1 unspecified atom stereocenters. The molecule has 1 atom stereocenters. The molecule has 1 aliphatic rings. The summed E-state index contributed by atoms with van der Waals surface area (Å²) in [6.07, 6.45) is 7.54. The van der Waals surface area contributed by atoms with Gasteiger partial charge < -0.3 is 11.1 Å². The predicted molar refractivity (Wildman–Crippen MR) is 82.6 cm³/mol. The fourth-order valence-electron chi connectivity index (χ4n) is 2.87. The Hall–Kier alpha value is -0.795. The lowest BCUT2D eigenvalue weighted by atomic mass is 9.97. The van der Waals surface area contributed by atoms with Crippen LogP contribution in [0.15, 0.2) is 24.3 Å². The normalized spacial score (nSPS) is 16.5. The molecule has 1 aromatic rings. The molecule has 3 N–H and O–H groups in total. The van der Waals surface area contributed by atoms with Gasteiger partial charge in [0, 0.05) is 12.1 Å². The third-order valence-electron chi connectivity index (χ3n) is 4.03. The van der Waals surface area contributed by atoms with Gasteiger partial charge in [-0.3, -0.25) is 0 Å². The summed E-state index contributed by atoms with van der Waals surface area (Å²) in [5, 5.41) is 3.65. The van der Waals surface area contributed by atoms with Crippen molar-refractivity contribution in [2.75, 3.05) is 6.54 Å². The second-order valence-electron chi connectivity index (χ2n) is 5.66. The van der Waals surface area contributed by atoms with E-state index in [1.807, 2.05) is 0 Å². The van der Waals surface area contributed by atoms with Crippen LogP contribution >= 0.6 is 0 Å². The Bertz CT molecular complexity index is 356. The number of hydrogen-bond acceptors (Lipinski definition) is 2. The SMILES string of the molecule is [B]CCCCC(N)CCNC1Cc2ccccc2C1. The van der Waals surface area contributed by atoms with Gasteiger partial charge in [0.1, 0.15) is 0 Å². The van der Waals surface area contributed by atoms with Crippen LogP contribution in [0.25, 0.3) is 0 Å². The highest BCUT2D eigenvalue weighted by Crippen LogP contribution is 2.21. The van der Waals surface area contributed by atoms with Gasteiger partial charge in [-0.1, -0.05) is 43.4 Å². The highest BCUT2D eigenvalue weighted by Gasteiger charge is 2.19. The zero-order valence-corrected chi connectivity index (χ0v) is 11.8. The molecule has 0 aromatic heterocycles. The van der Waals surface area contributed by atoms with E-state index in [4.69, 9.17) is 13.6 Å². The molecule has 0 spiro atoms. The van der Waals surface area contributed by atoms with Gasteiger partial charge in [0.25, 0.3) is 0 Å². The monoisotopic (exact) mass is 256 g/mol. The molecule has 0 saturated carbocycles. The maximum Gasteiger partial charge on any atom is 0.0653 e. The maximum absolute atomic E-state index is 6.10. The van der Waals surface area contributed by atoms with E-state index in [-0.39, 0.29) is 0 Å². The Balaban J connectivity index is 1.60. The first kappa shape index (κ1) is 14.6. The van der Waals surface area contributed by atoms with Gasteiger partial charge in [0.2, 0.25) is 0 Å². The molecule has 2 rings (SSSR count). The van der Waals surface area contributed by atoms with E-state index in [1.54, 1.807) is 0 Å². The van der Waals surface area contributed by atoms with Crippen LogP contribution in [-0.4, -0.2) is 26.5 Å². The molecule has 102 valence electrons. The lowest BCUT2D eigenvalue weighted by Crippen LogP contribution is -2.34. The lowest BCUT2D eigenvalue weighted by molar-refractivity contribution is 0.472. The minimum absolute atomic E-state index is 0.322. The molecule has 0 saturated heterocycles. The molecule has 0 amide bonds. The summed E-state index contributed by atoms with van der Waals surface area (Å²) in [7, 11) is 5.49. The largest absolute Gasteiger partial charge is 0.328 e. The van der Waals surface area contributed by atoms with Crippen molar-refractivity contribution in [2.45, 2.75) is 56.9 Å². The first-order valence-corrected chi connectivity index (χ1v) is 7.55. The van der Waals surface area contributed by atoms with E-state index in [0.717, 1.165) is 38.5 Å². The molecule has 0 fully saturated rings. The number of fused-ring (bicyclic) bond motifs is 1. The minimum Gasteiger partial charge on any atom is -0.328 e. The van der Waals surface area contributed by atoms with Gasteiger partial charge in [-0.05, 0) is 43.4 Å². The molecular weight excluding hydrogens is 231 g/mol. The Morgan fingerprint density at radius 1 is 1.16 bits per heavy atom. The van der Waals surface area contributed by atoms with E-state index < -0.39 is 0 Å². The van der Waals surface area contributed by atoms with Crippen LogP contribution in [0.1, 0.15) is 36.8 Å². The van der Waals surface area contributed by atoms with E-state index in [9.17, 15) is 0 Å². The summed E-state index contributed by atoms with van der Waals surface area (Å²) in [6.45, 7) is 1.03. The Labute approximate surface area is 118 Å². The van der Waals surface area contributed by atoms with Crippen LogP contribution in [0.4, 0.5) is 0 Å². The zero-order valence-electron chi connectivity index (χ0n) is 11.8. The molecule has 19 heavy (non-hydrogen) atoms. The van der Waals surface area contributed by atoms with Crippen molar-refractivity contribution in [3.8, 4) is 0 Å². The van der Waals surface area contributed by atoms with Crippen molar-refractivity contribution in [2.24, 2.45) is 5.73 Å². The number of benzene rings is 1. The number of unbranched alkanes of at least 4 members (excludes halogenated alkanes) is 1. The number of rotatable bonds is 8. The van der Waals surface area contributed by atoms with Gasteiger partial charge in [-0.15, -0.1) is 0 Å². The Morgan fingerprint density at radius 2 is 1.84 bits per heavy atom. The number of nitrogens with one attached hydrogen (secondary N) is 1. The van der Waals surface area contributed by atoms with Crippen LogP contribution in [0.2, 0.25) is 6.32 Å². The highest BCUT2D eigenvalue weighted by molar-refractivity contribution is 6.08. The zero-order chi connectivity index (χ0) is 13.5. The summed E-state index contributed by atoms with van der Waals surface area (Å²) in [4.78, 5) is 0. The smallest absolute Gasteiger partial charge is 0.0653 e. The summed E-state index contributed by atoms with van der Waals surface area (Å²) < 4.78 is 0. The first-order chi connectivity index (χ1) is 9.29. The van der Waals surface area contributed by atoms with Crippen molar-refractivity contribution >= 4 is 7.85 Å². The van der Waals surface area contributed by atoms with E-state index >= 15 is 0 Å². The molecule has 3 heteroatoms. The van der Waals surface area contributed by atoms with E-state index in [2.05, 4.69) is 29.6 Å². The molecule has 1 aliphatic carbocycles. The lowest BCUT2D eigenvalue weighted by Gasteiger charge is -2.15. The van der Waals surface area contributed by atoms with Crippen molar-refractivity contribution in [3.05, 3.63) is 35.4 Å². The van der Waals surface area contributed by atoms with Crippen molar-refractivity contribution < 1.29 is 0 Å². The predicted octanol–water partition coefficient (Wildman–Crippen LogP) is 2.22. The molecule has 0 aliphatic heterocycles. The van der Waals surface area contributed by atoms with Gasteiger partial charge >= 0.3 is 0 Å².